The first-order chi connectivity index (χ1) is 10.1. The molecule has 2 nitrogen and oxygen atoms in total. The number of carbonyl (C=O) groups is 1. The van der Waals surface area contributed by atoms with Crippen LogP contribution in [0.15, 0.2) is 54.6 Å². The zero-order valence-electron chi connectivity index (χ0n) is 12.3. The van der Waals surface area contributed by atoms with Gasteiger partial charge in [-0.25, -0.2) is 0 Å². The number of anilines is 1. The SMILES string of the molecule is CCC(C)C(C(=O)Nc1ccccc1Cl)c1ccccc1. The van der Waals surface area contributed by atoms with Gasteiger partial charge in [0.05, 0.1) is 16.6 Å². The van der Waals surface area contributed by atoms with Gasteiger partial charge in [-0.05, 0) is 23.6 Å². The van der Waals surface area contributed by atoms with Crippen LogP contribution in [0.2, 0.25) is 5.02 Å². The van der Waals surface area contributed by atoms with E-state index in [1.807, 2.05) is 48.5 Å². The van der Waals surface area contributed by atoms with E-state index in [4.69, 9.17) is 11.6 Å². The molecule has 0 aliphatic carbocycles. The third-order valence-corrected chi connectivity index (χ3v) is 4.12. The van der Waals surface area contributed by atoms with Crippen LogP contribution in [0.4, 0.5) is 5.69 Å². The van der Waals surface area contributed by atoms with E-state index in [-0.39, 0.29) is 17.7 Å². The van der Waals surface area contributed by atoms with E-state index in [0.29, 0.717) is 10.7 Å². The van der Waals surface area contributed by atoms with Gasteiger partial charge in [0.1, 0.15) is 0 Å². The van der Waals surface area contributed by atoms with Crippen molar-refractivity contribution < 1.29 is 4.79 Å². The molecule has 2 aromatic rings. The van der Waals surface area contributed by atoms with Gasteiger partial charge in [0, 0.05) is 0 Å². The lowest BCUT2D eigenvalue weighted by atomic mass is 9.85. The summed E-state index contributed by atoms with van der Waals surface area (Å²) in [7, 11) is 0. The molecule has 0 radical (unpaired) electrons. The van der Waals surface area contributed by atoms with Crippen LogP contribution in [0.25, 0.3) is 0 Å². The van der Waals surface area contributed by atoms with E-state index in [9.17, 15) is 4.79 Å². The first-order valence-corrected chi connectivity index (χ1v) is 7.61. The monoisotopic (exact) mass is 301 g/mol. The van der Waals surface area contributed by atoms with Gasteiger partial charge in [-0.2, -0.15) is 0 Å². The molecule has 2 unspecified atom stereocenters. The Morgan fingerprint density at radius 1 is 1.10 bits per heavy atom. The van der Waals surface area contributed by atoms with Gasteiger partial charge in [-0.1, -0.05) is 74.3 Å². The Morgan fingerprint density at radius 2 is 1.71 bits per heavy atom. The fourth-order valence-electron chi connectivity index (χ4n) is 2.41. The van der Waals surface area contributed by atoms with Crippen molar-refractivity contribution in [1.29, 1.82) is 0 Å². The van der Waals surface area contributed by atoms with Crippen LogP contribution in [-0.4, -0.2) is 5.91 Å². The molecule has 1 amide bonds. The maximum Gasteiger partial charge on any atom is 0.232 e. The van der Waals surface area contributed by atoms with Crippen molar-refractivity contribution in [1.82, 2.24) is 0 Å². The highest BCUT2D eigenvalue weighted by Crippen LogP contribution is 2.29. The van der Waals surface area contributed by atoms with Crippen molar-refractivity contribution in [2.45, 2.75) is 26.2 Å². The molecule has 3 heteroatoms. The number of amides is 1. The summed E-state index contributed by atoms with van der Waals surface area (Å²) in [6, 6.07) is 17.2. The van der Waals surface area contributed by atoms with Gasteiger partial charge in [-0.3, -0.25) is 4.79 Å². The van der Waals surface area contributed by atoms with E-state index in [0.717, 1.165) is 12.0 Å². The van der Waals surface area contributed by atoms with E-state index in [1.54, 1.807) is 6.07 Å². The quantitative estimate of drug-likeness (QED) is 0.817. The second kappa shape index (κ2) is 7.28. The second-order valence-electron chi connectivity index (χ2n) is 5.24. The molecule has 110 valence electrons. The Morgan fingerprint density at radius 3 is 2.33 bits per heavy atom. The van der Waals surface area contributed by atoms with Crippen LogP contribution in [0, 0.1) is 5.92 Å². The third kappa shape index (κ3) is 3.85. The summed E-state index contributed by atoms with van der Waals surface area (Å²) in [5, 5.41) is 3.51. The molecule has 0 aromatic heterocycles. The van der Waals surface area contributed by atoms with Gasteiger partial charge >= 0.3 is 0 Å². The minimum Gasteiger partial charge on any atom is -0.324 e. The van der Waals surface area contributed by atoms with Gasteiger partial charge in [-0.15, -0.1) is 0 Å². The molecule has 21 heavy (non-hydrogen) atoms. The fourth-order valence-corrected chi connectivity index (χ4v) is 2.59. The number of halogens is 1. The summed E-state index contributed by atoms with van der Waals surface area (Å²) < 4.78 is 0. The average molecular weight is 302 g/mol. The maximum atomic E-state index is 12.7. The smallest absolute Gasteiger partial charge is 0.232 e. The van der Waals surface area contributed by atoms with Gasteiger partial charge in [0.25, 0.3) is 0 Å². The van der Waals surface area contributed by atoms with Gasteiger partial charge in [0.15, 0.2) is 0 Å². The summed E-state index contributed by atoms with van der Waals surface area (Å²) in [6.07, 6.45) is 0.940. The van der Waals surface area contributed by atoms with E-state index < -0.39 is 0 Å². The molecule has 0 aliphatic rings. The molecular weight excluding hydrogens is 282 g/mol. The van der Waals surface area contributed by atoms with Crippen molar-refractivity contribution in [2.75, 3.05) is 5.32 Å². The van der Waals surface area contributed by atoms with Crippen molar-refractivity contribution in [3.63, 3.8) is 0 Å². The molecule has 2 atom stereocenters. The Kier molecular flexibility index (Phi) is 5.40. The predicted octanol–water partition coefficient (Wildman–Crippen LogP) is 5.11. The van der Waals surface area contributed by atoms with Gasteiger partial charge < -0.3 is 5.32 Å². The summed E-state index contributed by atoms with van der Waals surface area (Å²) in [4.78, 5) is 12.7. The number of rotatable bonds is 5. The standard InChI is InChI=1S/C18H20ClNO/c1-3-13(2)17(14-9-5-4-6-10-14)18(21)20-16-12-8-7-11-15(16)19/h4-13,17H,3H2,1-2H3,(H,20,21). The molecule has 2 rings (SSSR count). The van der Waals surface area contributed by atoms with E-state index >= 15 is 0 Å². The molecule has 0 spiro atoms. The number of hydrogen-bond acceptors (Lipinski definition) is 1. The Balaban J connectivity index is 2.25. The van der Waals surface area contributed by atoms with Crippen molar-refractivity contribution >= 4 is 23.2 Å². The largest absolute Gasteiger partial charge is 0.324 e. The topological polar surface area (TPSA) is 29.1 Å². The number of nitrogens with one attached hydrogen (secondary N) is 1. The van der Waals surface area contributed by atoms with Crippen LogP contribution in [-0.2, 0) is 4.79 Å². The lowest BCUT2D eigenvalue weighted by molar-refractivity contribution is -0.118. The predicted molar refractivity (Wildman–Crippen MR) is 88.7 cm³/mol. The number of benzene rings is 2. The molecule has 0 aliphatic heterocycles. The molecule has 1 N–H and O–H groups in total. The van der Waals surface area contributed by atoms with Crippen molar-refractivity contribution in [3.8, 4) is 0 Å². The third-order valence-electron chi connectivity index (χ3n) is 3.79. The van der Waals surface area contributed by atoms with Crippen molar-refractivity contribution in [3.05, 3.63) is 65.2 Å². The normalized spacial score (nSPS) is 13.5. The summed E-state index contributed by atoms with van der Waals surface area (Å²) in [5.74, 6) is 0.0750. The Labute approximate surface area is 131 Å². The lowest BCUT2D eigenvalue weighted by Gasteiger charge is -2.23. The van der Waals surface area contributed by atoms with E-state index in [1.165, 1.54) is 0 Å². The van der Waals surface area contributed by atoms with Crippen LogP contribution in [0.1, 0.15) is 31.7 Å². The maximum absolute atomic E-state index is 12.7. The zero-order chi connectivity index (χ0) is 15.2. The van der Waals surface area contributed by atoms with Crippen molar-refractivity contribution in [2.24, 2.45) is 5.92 Å². The highest BCUT2D eigenvalue weighted by atomic mass is 35.5. The molecule has 0 heterocycles. The molecule has 0 saturated heterocycles. The first-order valence-electron chi connectivity index (χ1n) is 7.23. The molecule has 0 saturated carbocycles. The summed E-state index contributed by atoms with van der Waals surface area (Å²) in [6.45, 7) is 4.20. The molecule has 2 aromatic carbocycles. The van der Waals surface area contributed by atoms with Crippen LogP contribution in [0.5, 0.6) is 0 Å². The van der Waals surface area contributed by atoms with Gasteiger partial charge in [0.2, 0.25) is 5.91 Å². The highest BCUT2D eigenvalue weighted by Gasteiger charge is 2.26. The average Bonchev–Trinajstić information content (AvgIpc) is 2.50. The Hall–Kier alpha value is -1.80. The molecule has 0 fully saturated rings. The minimum absolute atomic E-state index is 0.0105. The molecule has 0 bridgehead atoms. The second-order valence-corrected chi connectivity index (χ2v) is 5.65. The summed E-state index contributed by atoms with van der Waals surface area (Å²) in [5.41, 5.74) is 1.70. The zero-order valence-corrected chi connectivity index (χ0v) is 13.1. The van der Waals surface area contributed by atoms with Crippen LogP contribution in [0.3, 0.4) is 0 Å². The number of para-hydroxylation sites is 1. The Bertz CT molecular complexity index is 597. The van der Waals surface area contributed by atoms with E-state index in [2.05, 4.69) is 19.2 Å². The fraction of sp³-hybridized carbons (Fsp3) is 0.278. The number of hydrogen-bond donors (Lipinski definition) is 1. The highest BCUT2D eigenvalue weighted by molar-refractivity contribution is 6.33. The number of carbonyl (C=O) groups excluding carboxylic acids is 1. The minimum atomic E-state index is -0.174. The first kappa shape index (κ1) is 15.6. The summed E-state index contributed by atoms with van der Waals surface area (Å²) >= 11 is 6.12. The van der Waals surface area contributed by atoms with Crippen LogP contribution >= 0.6 is 11.6 Å². The molecular formula is C18H20ClNO. The van der Waals surface area contributed by atoms with Crippen LogP contribution < -0.4 is 5.32 Å². The lowest BCUT2D eigenvalue weighted by Crippen LogP contribution is -2.26.